The second-order valence-corrected chi connectivity index (χ2v) is 6.31. The lowest BCUT2D eigenvalue weighted by Gasteiger charge is -2.03. The standard InChI is InChI=1S/C12H7ClN2O2S/c13-18(16,17)10-6-5-9-4-3-8-2-1-7-14-11(8)12(9)15-10/h1-7H. The third-order valence-electron chi connectivity index (χ3n) is 2.66. The van der Waals surface area contributed by atoms with Crippen molar-refractivity contribution < 1.29 is 8.42 Å². The topological polar surface area (TPSA) is 59.9 Å². The minimum absolute atomic E-state index is 0.158. The summed E-state index contributed by atoms with van der Waals surface area (Å²) in [5, 5.41) is 1.57. The zero-order valence-electron chi connectivity index (χ0n) is 9.04. The van der Waals surface area contributed by atoms with Crippen LogP contribution < -0.4 is 0 Å². The van der Waals surface area contributed by atoms with E-state index in [0.29, 0.717) is 11.0 Å². The van der Waals surface area contributed by atoms with Crippen LogP contribution in [0.1, 0.15) is 0 Å². The Morgan fingerprint density at radius 3 is 2.33 bits per heavy atom. The van der Waals surface area contributed by atoms with Gasteiger partial charge in [-0.15, -0.1) is 0 Å². The molecule has 0 unspecified atom stereocenters. The van der Waals surface area contributed by atoms with Crippen molar-refractivity contribution in [1.82, 2.24) is 9.97 Å². The van der Waals surface area contributed by atoms with Crippen LogP contribution in [0.4, 0.5) is 0 Å². The van der Waals surface area contributed by atoms with E-state index in [-0.39, 0.29) is 5.03 Å². The maximum Gasteiger partial charge on any atom is 0.278 e. The van der Waals surface area contributed by atoms with E-state index in [1.54, 1.807) is 12.3 Å². The van der Waals surface area contributed by atoms with Crippen LogP contribution in [-0.4, -0.2) is 18.4 Å². The number of rotatable bonds is 1. The fourth-order valence-electron chi connectivity index (χ4n) is 1.84. The highest BCUT2D eigenvalue weighted by molar-refractivity contribution is 8.13. The number of fused-ring (bicyclic) bond motifs is 3. The van der Waals surface area contributed by atoms with Gasteiger partial charge in [0.1, 0.15) is 0 Å². The smallest absolute Gasteiger partial charge is 0.254 e. The number of halogens is 1. The third-order valence-corrected chi connectivity index (χ3v) is 3.86. The summed E-state index contributed by atoms with van der Waals surface area (Å²) in [4.78, 5) is 8.32. The van der Waals surface area contributed by atoms with E-state index in [0.717, 1.165) is 10.8 Å². The molecule has 0 aliphatic rings. The summed E-state index contributed by atoms with van der Waals surface area (Å²) in [6.45, 7) is 0. The van der Waals surface area contributed by atoms with Crippen LogP contribution >= 0.6 is 10.7 Å². The monoisotopic (exact) mass is 278 g/mol. The Labute approximate surface area is 108 Å². The number of hydrogen-bond donors (Lipinski definition) is 0. The summed E-state index contributed by atoms with van der Waals surface area (Å²) in [5.74, 6) is 0. The van der Waals surface area contributed by atoms with Gasteiger partial charge in [0.25, 0.3) is 9.05 Å². The van der Waals surface area contributed by atoms with Gasteiger partial charge >= 0.3 is 0 Å². The summed E-state index contributed by atoms with van der Waals surface area (Å²) < 4.78 is 22.6. The summed E-state index contributed by atoms with van der Waals surface area (Å²) >= 11 is 0. The Hall–Kier alpha value is -1.72. The normalized spacial score (nSPS) is 12.1. The molecular weight excluding hydrogens is 272 g/mol. The molecule has 1 aromatic carbocycles. The van der Waals surface area contributed by atoms with Crippen molar-refractivity contribution in [3.8, 4) is 0 Å². The van der Waals surface area contributed by atoms with Crippen molar-refractivity contribution in [2.75, 3.05) is 0 Å². The first-order valence-corrected chi connectivity index (χ1v) is 7.46. The van der Waals surface area contributed by atoms with Gasteiger partial charge < -0.3 is 0 Å². The lowest BCUT2D eigenvalue weighted by molar-refractivity contribution is 0.606. The molecule has 0 aliphatic heterocycles. The minimum atomic E-state index is -3.83. The molecule has 0 N–H and O–H groups in total. The predicted octanol–water partition coefficient (Wildman–Crippen LogP) is 2.71. The average Bonchev–Trinajstić information content (AvgIpc) is 2.37. The van der Waals surface area contributed by atoms with Crippen molar-refractivity contribution in [2.24, 2.45) is 0 Å². The molecule has 2 aromatic heterocycles. The van der Waals surface area contributed by atoms with Crippen LogP contribution in [0.15, 0.2) is 47.6 Å². The molecule has 6 heteroatoms. The van der Waals surface area contributed by atoms with Gasteiger partial charge in [-0.05, 0) is 18.2 Å². The van der Waals surface area contributed by atoms with Crippen LogP contribution in [0, 0.1) is 0 Å². The Morgan fingerprint density at radius 2 is 1.61 bits per heavy atom. The Bertz CT molecular complexity index is 862. The fraction of sp³-hybridized carbons (Fsp3) is 0. The average molecular weight is 279 g/mol. The molecule has 0 atom stereocenters. The first-order chi connectivity index (χ1) is 8.55. The molecule has 3 aromatic rings. The van der Waals surface area contributed by atoms with Crippen molar-refractivity contribution in [3.63, 3.8) is 0 Å². The zero-order valence-corrected chi connectivity index (χ0v) is 10.6. The number of pyridine rings is 2. The highest BCUT2D eigenvalue weighted by atomic mass is 35.7. The summed E-state index contributed by atoms with van der Waals surface area (Å²) in [6, 6.07) is 10.6. The molecule has 18 heavy (non-hydrogen) atoms. The first-order valence-electron chi connectivity index (χ1n) is 5.15. The quantitative estimate of drug-likeness (QED) is 0.507. The molecule has 0 bridgehead atoms. The van der Waals surface area contributed by atoms with Crippen LogP contribution in [0.5, 0.6) is 0 Å². The van der Waals surface area contributed by atoms with Crippen molar-refractivity contribution >= 4 is 41.5 Å². The van der Waals surface area contributed by atoms with E-state index in [4.69, 9.17) is 10.7 Å². The minimum Gasteiger partial charge on any atom is -0.254 e. The van der Waals surface area contributed by atoms with E-state index in [9.17, 15) is 8.42 Å². The molecule has 0 fully saturated rings. The molecule has 0 radical (unpaired) electrons. The van der Waals surface area contributed by atoms with Crippen LogP contribution in [-0.2, 0) is 9.05 Å². The maximum atomic E-state index is 11.3. The predicted molar refractivity (Wildman–Crippen MR) is 70.1 cm³/mol. The molecule has 0 saturated heterocycles. The molecule has 0 saturated carbocycles. The molecule has 3 rings (SSSR count). The van der Waals surface area contributed by atoms with E-state index < -0.39 is 9.05 Å². The van der Waals surface area contributed by atoms with Gasteiger partial charge in [-0.3, -0.25) is 4.98 Å². The first kappa shape index (κ1) is 11.4. The van der Waals surface area contributed by atoms with Crippen LogP contribution in [0.25, 0.3) is 21.8 Å². The highest BCUT2D eigenvalue weighted by Gasteiger charge is 2.13. The maximum absolute atomic E-state index is 11.3. The number of aromatic nitrogens is 2. The lowest BCUT2D eigenvalue weighted by Crippen LogP contribution is -1.95. The summed E-state index contributed by atoms with van der Waals surface area (Å²) in [7, 11) is 1.47. The van der Waals surface area contributed by atoms with Crippen molar-refractivity contribution in [2.45, 2.75) is 5.03 Å². The van der Waals surface area contributed by atoms with Gasteiger partial charge in [0.05, 0.1) is 11.0 Å². The molecule has 2 heterocycles. The van der Waals surface area contributed by atoms with E-state index in [1.165, 1.54) is 6.07 Å². The largest absolute Gasteiger partial charge is 0.278 e. The van der Waals surface area contributed by atoms with Crippen LogP contribution in [0.3, 0.4) is 0 Å². The third kappa shape index (κ3) is 1.81. The number of nitrogens with zero attached hydrogens (tertiary/aromatic N) is 2. The van der Waals surface area contributed by atoms with Gasteiger partial charge in [-0.25, -0.2) is 13.4 Å². The Balaban J connectivity index is 2.48. The van der Waals surface area contributed by atoms with Gasteiger partial charge in [-0.2, -0.15) is 0 Å². The van der Waals surface area contributed by atoms with E-state index in [2.05, 4.69) is 9.97 Å². The van der Waals surface area contributed by atoms with Crippen LogP contribution in [0.2, 0.25) is 0 Å². The molecule has 90 valence electrons. The Kier molecular flexibility index (Phi) is 2.46. The van der Waals surface area contributed by atoms with Gasteiger partial charge in [0, 0.05) is 27.7 Å². The molecular formula is C12H7ClN2O2S. The number of benzene rings is 1. The van der Waals surface area contributed by atoms with Gasteiger partial charge in [-0.1, -0.05) is 18.2 Å². The zero-order chi connectivity index (χ0) is 12.8. The SMILES string of the molecule is O=S(=O)(Cl)c1ccc2ccc3cccnc3c2n1. The van der Waals surface area contributed by atoms with Gasteiger partial charge in [0.2, 0.25) is 0 Å². The second kappa shape index (κ2) is 3.90. The Morgan fingerprint density at radius 1 is 0.944 bits per heavy atom. The molecule has 0 amide bonds. The van der Waals surface area contributed by atoms with Crippen molar-refractivity contribution in [3.05, 3.63) is 42.6 Å². The number of hydrogen-bond acceptors (Lipinski definition) is 4. The fourth-order valence-corrected chi connectivity index (χ4v) is 2.53. The van der Waals surface area contributed by atoms with Crippen molar-refractivity contribution in [1.29, 1.82) is 0 Å². The second-order valence-electron chi connectivity index (χ2n) is 3.80. The lowest BCUT2D eigenvalue weighted by atomic mass is 10.1. The molecule has 0 spiro atoms. The van der Waals surface area contributed by atoms with E-state index in [1.807, 2.05) is 24.3 Å². The molecule has 0 aliphatic carbocycles. The molecule has 4 nitrogen and oxygen atoms in total. The summed E-state index contributed by atoms with van der Waals surface area (Å²) in [6.07, 6.45) is 1.64. The highest BCUT2D eigenvalue weighted by Crippen LogP contribution is 2.24. The summed E-state index contributed by atoms with van der Waals surface area (Å²) in [5.41, 5.74) is 1.20. The van der Waals surface area contributed by atoms with E-state index >= 15 is 0 Å². The van der Waals surface area contributed by atoms with Gasteiger partial charge in [0.15, 0.2) is 5.03 Å².